The Kier molecular flexibility index (Phi) is 5.29. The number of aliphatic hydroxyl groups excluding tert-OH is 1. The Morgan fingerprint density at radius 3 is 2.41 bits per heavy atom. The molecule has 1 atom stereocenters. The lowest BCUT2D eigenvalue weighted by Crippen LogP contribution is -2.29. The average Bonchev–Trinajstić information content (AvgIpc) is 3.29. The standard InChI is InChI=1S/C28H23ClN2O3/c1-16-8-9-17(2)21(14-16)26(32)24-25(22-15-30(3)23-7-5-4-6-20(22)23)31(28(34)27(24)33)19-12-10-18(29)11-13-19/h4-15,25,32H,1-3H3/b26-24+. The van der Waals surface area contributed by atoms with E-state index in [0.717, 1.165) is 27.6 Å². The first-order chi connectivity index (χ1) is 16.3. The Morgan fingerprint density at radius 1 is 0.971 bits per heavy atom. The van der Waals surface area contributed by atoms with Gasteiger partial charge in [0.1, 0.15) is 5.76 Å². The predicted octanol–water partition coefficient (Wildman–Crippen LogP) is 6.07. The number of hydrogen-bond donors (Lipinski definition) is 1. The highest BCUT2D eigenvalue weighted by Gasteiger charge is 2.48. The Morgan fingerprint density at radius 2 is 1.68 bits per heavy atom. The normalized spacial score (nSPS) is 17.6. The minimum atomic E-state index is -0.799. The van der Waals surface area contributed by atoms with Gasteiger partial charge in [-0.25, -0.2) is 0 Å². The lowest BCUT2D eigenvalue weighted by atomic mass is 9.93. The number of aliphatic hydroxyl groups is 1. The van der Waals surface area contributed by atoms with Crippen molar-refractivity contribution in [3.63, 3.8) is 0 Å². The molecule has 0 saturated carbocycles. The van der Waals surface area contributed by atoms with Gasteiger partial charge in [-0.3, -0.25) is 14.5 Å². The molecule has 1 fully saturated rings. The molecule has 0 bridgehead atoms. The summed E-state index contributed by atoms with van der Waals surface area (Å²) in [5, 5.41) is 12.9. The van der Waals surface area contributed by atoms with Gasteiger partial charge < -0.3 is 9.67 Å². The molecular weight excluding hydrogens is 448 g/mol. The van der Waals surface area contributed by atoms with Crippen molar-refractivity contribution >= 4 is 45.6 Å². The number of aromatic nitrogens is 1. The predicted molar refractivity (Wildman–Crippen MR) is 135 cm³/mol. The van der Waals surface area contributed by atoms with Crippen molar-refractivity contribution in [2.75, 3.05) is 4.90 Å². The number of ketones is 1. The summed E-state index contributed by atoms with van der Waals surface area (Å²) in [6.07, 6.45) is 1.92. The van der Waals surface area contributed by atoms with Gasteiger partial charge in [-0.15, -0.1) is 0 Å². The number of anilines is 1. The van der Waals surface area contributed by atoms with Gasteiger partial charge in [-0.1, -0.05) is 47.5 Å². The van der Waals surface area contributed by atoms with Crippen molar-refractivity contribution in [2.24, 2.45) is 7.05 Å². The van der Waals surface area contributed by atoms with Crippen LogP contribution >= 0.6 is 11.6 Å². The molecule has 1 amide bonds. The number of hydrogen-bond acceptors (Lipinski definition) is 3. The van der Waals surface area contributed by atoms with Crippen LogP contribution in [-0.4, -0.2) is 21.4 Å². The molecule has 6 heteroatoms. The molecule has 0 spiro atoms. The molecule has 1 aliphatic heterocycles. The van der Waals surface area contributed by atoms with Crippen molar-refractivity contribution in [1.82, 2.24) is 4.57 Å². The average molecular weight is 471 g/mol. The van der Waals surface area contributed by atoms with E-state index < -0.39 is 17.7 Å². The van der Waals surface area contributed by atoms with Crippen LogP contribution in [0.2, 0.25) is 5.02 Å². The molecule has 1 aliphatic rings. The van der Waals surface area contributed by atoms with Crippen LogP contribution in [0.25, 0.3) is 16.7 Å². The van der Waals surface area contributed by atoms with E-state index in [0.29, 0.717) is 16.3 Å². The SMILES string of the molecule is Cc1ccc(C)c(/C(O)=C2\C(=O)C(=O)N(c3ccc(Cl)cc3)C2c2cn(C)c3ccccc23)c1. The van der Waals surface area contributed by atoms with E-state index in [-0.39, 0.29) is 11.3 Å². The second-order valence-electron chi connectivity index (χ2n) is 8.68. The Balaban J connectivity index is 1.83. The van der Waals surface area contributed by atoms with E-state index >= 15 is 0 Å². The summed E-state index contributed by atoms with van der Waals surface area (Å²) in [4.78, 5) is 28.3. The second-order valence-corrected chi connectivity index (χ2v) is 9.11. The van der Waals surface area contributed by atoms with E-state index in [9.17, 15) is 14.7 Å². The number of amides is 1. The van der Waals surface area contributed by atoms with Crippen molar-refractivity contribution in [3.8, 4) is 0 Å². The van der Waals surface area contributed by atoms with Gasteiger partial charge in [0.25, 0.3) is 11.7 Å². The number of rotatable bonds is 3. The number of halogens is 1. The lowest BCUT2D eigenvalue weighted by molar-refractivity contribution is -0.132. The van der Waals surface area contributed by atoms with Crippen molar-refractivity contribution in [2.45, 2.75) is 19.9 Å². The molecule has 170 valence electrons. The summed E-state index contributed by atoms with van der Waals surface area (Å²) in [6.45, 7) is 3.79. The number of fused-ring (bicyclic) bond motifs is 1. The summed E-state index contributed by atoms with van der Waals surface area (Å²) in [5.41, 5.74) is 4.64. The zero-order valence-electron chi connectivity index (χ0n) is 19.0. The van der Waals surface area contributed by atoms with Crippen LogP contribution < -0.4 is 4.90 Å². The van der Waals surface area contributed by atoms with Gasteiger partial charge in [-0.2, -0.15) is 0 Å². The van der Waals surface area contributed by atoms with Crippen LogP contribution in [0.1, 0.15) is 28.3 Å². The van der Waals surface area contributed by atoms with Gasteiger partial charge in [0.15, 0.2) is 0 Å². The monoisotopic (exact) mass is 470 g/mol. The Bertz CT molecular complexity index is 1500. The first-order valence-corrected chi connectivity index (χ1v) is 11.3. The molecule has 4 aromatic rings. The van der Waals surface area contributed by atoms with E-state index in [1.807, 2.05) is 74.1 Å². The van der Waals surface area contributed by atoms with Crippen LogP contribution in [0.3, 0.4) is 0 Å². The zero-order valence-corrected chi connectivity index (χ0v) is 19.8. The summed E-state index contributed by atoms with van der Waals surface area (Å²) < 4.78 is 1.96. The first kappa shape index (κ1) is 22.0. The number of Topliss-reactive ketones (excluding diaryl/α,β-unsaturated/α-hetero) is 1. The van der Waals surface area contributed by atoms with Crippen LogP contribution in [-0.2, 0) is 16.6 Å². The minimum absolute atomic E-state index is 0.0741. The van der Waals surface area contributed by atoms with Crippen LogP contribution in [0.5, 0.6) is 0 Å². The molecular formula is C28H23ClN2O3. The number of para-hydroxylation sites is 1. The van der Waals surface area contributed by atoms with E-state index in [1.54, 1.807) is 24.3 Å². The third-order valence-electron chi connectivity index (χ3n) is 6.42. The van der Waals surface area contributed by atoms with Gasteiger partial charge >= 0.3 is 0 Å². The molecule has 3 aromatic carbocycles. The molecule has 0 aliphatic carbocycles. The van der Waals surface area contributed by atoms with E-state index in [2.05, 4.69) is 0 Å². The third-order valence-corrected chi connectivity index (χ3v) is 6.67. The maximum Gasteiger partial charge on any atom is 0.300 e. The lowest BCUT2D eigenvalue weighted by Gasteiger charge is -2.25. The summed E-state index contributed by atoms with van der Waals surface area (Å²) >= 11 is 6.09. The van der Waals surface area contributed by atoms with Gasteiger partial charge in [0.2, 0.25) is 0 Å². The first-order valence-electron chi connectivity index (χ1n) is 11.0. The maximum atomic E-state index is 13.5. The van der Waals surface area contributed by atoms with E-state index in [1.165, 1.54) is 4.90 Å². The largest absolute Gasteiger partial charge is 0.507 e. The fourth-order valence-corrected chi connectivity index (χ4v) is 4.85. The fraction of sp³-hybridized carbons (Fsp3) is 0.143. The molecule has 1 N–H and O–H groups in total. The smallest absolute Gasteiger partial charge is 0.300 e. The number of carbonyl (C=O) groups is 2. The molecule has 2 heterocycles. The number of benzene rings is 3. The molecule has 1 unspecified atom stereocenters. The van der Waals surface area contributed by atoms with Crippen molar-refractivity contribution in [1.29, 1.82) is 0 Å². The van der Waals surface area contributed by atoms with Crippen LogP contribution in [0, 0.1) is 13.8 Å². The van der Waals surface area contributed by atoms with Crippen LogP contribution in [0.15, 0.2) is 78.5 Å². The third kappa shape index (κ3) is 3.40. The molecule has 0 radical (unpaired) electrons. The summed E-state index contributed by atoms with van der Waals surface area (Å²) in [6, 6.07) is 19.5. The maximum absolute atomic E-state index is 13.5. The quantitative estimate of drug-likeness (QED) is 0.224. The van der Waals surface area contributed by atoms with Crippen molar-refractivity contribution in [3.05, 3.63) is 106 Å². The highest BCUT2D eigenvalue weighted by atomic mass is 35.5. The van der Waals surface area contributed by atoms with Crippen molar-refractivity contribution < 1.29 is 14.7 Å². The fourth-order valence-electron chi connectivity index (χ4n) is 4.72. The highest BCUT2D eigenvalue weighted by molar-refractivity contribution is 6.52. The molecule has 5 rings (SSSR count). The number of aryl methyl sites for hydroxylation is 3. The number of nitrogens with zero attached hydrogens (tertiary/aromatic N) is 2. The van der Waals surface area contributed by atoms with E-state index in [4.69, 9.17) is 11.6 Å². The highest BCUT2D eigenvalue weighted by Crippen LogP contribution is 2.45. The summed E-state index contributed by atoms with van der Waals surface area (Å²) in [5.74, 6) is -1.58. The Hall–Kier alpha value is -3.83. The molecule has 5 nitrogen and oxygen atoms in total. The minimum Gasteiger partial charge on any atom is -0.507 e. The zero-order chi connectivity index (χ0) is 24.1. The van der Waals surface area contributed by atoms with Gasteiger partial charge in [0, 0.05) is 46.0 Å². The molecule has 1 aromatic heterocycles. The van der Waals surface area contributed by atoms with Gasteiger partial charge in [0.05, 0.1) is 11.6 Å². The number of carbonyl (C=O) groups excluding carboxylic acids is 2. The molecule has 1 saturated heterocycles. The topological polar surface area (TPSA) is 62.5 Å². The molecule has 34 heavy (non-hydrogen) atoms. The second kappa shape index (κ2) is 8.19. The Labute approximate surface area is 202 Å². The van der Waals surface area contributed by atoms with Crippen LogP contribution in [0.4, 0.5) is 5.69 Å². The van der Waals surface area contributed by atoms with Gasteiger partial charge in [-0.05, 0) is 55.8 Å². The summed E-state index contributed by atoms with van der Waals surface area (Å²) in [7, 11) is 1.92.